The Morgan fingerprint density at radius 3 is 1.38 bits per heavy atom. The van der Waals surface area contributed by atoms with Crippen molar-refractivity contribution in [3.05, 3.63) is 24.3 Å². The first-order valence-electron chi connectivity index (χ1n) is 7.43. The summed E-state index contributed by atoms with van der Waals surface area (Å²) in [6, 6.07) is -0.460. The summed E-state index contributed by atoms with van der Waals surface area (Å²) in [4.78, 5) is 49.6. The minimum Gasteiger partial charge on any atom is -0.466 e. The first-order valence-corrected chi connectivity index (χ1v) is 7.43. The summed E-state index contributed by atoms with van der Waals surface area (Å²) in [7, 11) is 2.46. The zero-order valence-electron chi connectivity index (χ0n) is 14.2. The van der Waals surface area contributed by atoms with E-state index in [9.17, 15) is 19.2 Å². The summed E-state index contributed by atoms with van der Waals surface area (Å²) >= 11 is 0. The number of esters is 2. The van der Waals surface area contributed by atoms with Crippen LogP contribution in [0.5, 0.6) is 0 Å². The lowest BCUT2D eigenvalue weighted by molar-refractivity contribution is -0.140. The topological polar surface area (TPSA) is 93.2 Å². The standard InChI is InChI=1S/C16H22N2O6/c1-11-9-18(14(20)6-8-16(22)24-4)12(2)10-17(11)13(19)5-7-15(21)23-3/h5-8,11-12H,9-10H2,1-4H3/b7-5+,8-6+/t11-,12-/m1/s1. The van der Waals surface area contributed by atoms with Crippen LogP contribution in [-0.2, 0) is 28.7 Å². The molecule has 0 N–H and O–H groups in total. The van der Waals surface area contributed by atoms with Crippen molar-refractivity contribution in [2.75, 3.05) is 27.3 Å². The molecule has 0 aromatic carbocycles. The predicted molar refractivity (Wildman–Crippen MR) is 84.7 cm³/mol. The second kappa shape index (κ2) is 8.85. The molecule has 1 fully saturated rings. The summed E-state index contributed by atoms with van der Waals surface area (Å²) in [5.74, 6) is -1.86. The molecule has 0 unspecified atom stereocenters. The van der Waals surface area contributed by atoms with Gasteiger partial charge in [-0.1, -0.05) is 0 Å². The molecule has 1 aliphatic heterocycles. The molecule has 0 radical (unpaired) electrons. The number of carbonyl (C=O) groups is 4. The fourth-order valence-corrected chi connectivity index (χ4v) is 2.35. The highest BCUT2D eigenvalue weighted by atomic mass is 16.5. The van der Waals surface area contributed by atoms with Crippen molar-refractivity contribution in [3.8, 4) is 0 Å². The predicted octanol–water partition coefficient (Wildman–Crippen LogP) is -0.107. The Balaban J connectivity index is 2.73. The van der Waals surface area contributed by atoms with E-state index in [0.29, 0.717) is 13.1 Å². The van der Waals surface area contributed by atoms with Crippen molar-refractivity contribution >= 4 is 23.8 Å². The Kier molecular flexibility index (Phi) is 7.16. The Hall–Kier alpha value is -2.64. The highest BCUT2D eigenvalue weighted by Crippen LogP contribution is 2.16. The second-order valence-electron chi connectivity index (χ2n) is 5.39. The third kappa shape index (κ3) is 5.22. The van der Waals surface area contributed by atoms with Crippen molar-refractivity contribution in [1.82, 2.24) is 9.80 Å². The normalized spacial score (nSPS) is 21.2. The van der Waals surface area contributed by atoms with E-state index in [1.54, 1.807) is 23.6 Å². The number of carbonyl (C=O) groups excluding carboxylic acids is 4. The molecule has 1 heterocycles. The van der Waals surface area contributed by atoms with Crippen LogP contribution in [0.2, 0.25) is 0 Å². The van der Waals surface area contributed by atoms with E-state index < -0.39 is 11.9 Å². The minimum absolute atomic E-state index is 0.230. The molecule has 0 aromatic rings. The maximum atomic E-state index is 12.2. The lowest BCUT2D eigenvalue weighted by Crippen LogP contribution is -2.59. The van der Waals surface area contributed by atoms with Crippen LogP contribution in [0.3, 0.4) is 0 Å². The van der Waals surface area contributed by atoms with E-state index >= 15 is 0 Å². The molecule has 1 rings (SSSR count). The number of ether oxygens (including phenoxy) is 2. The largest absolute Gasteiger partial charge is 0.466 e. The molecule has 0 bridgehead atoms. The average Bonchev–Trinajstić information content (AvgIpc) is 2.58. The molecule has 8 nitrogen and oxygen atoms in total. The van der Waals surface area contributed by atoms with Crippen LogP contribution in [0.4, 0.5) is 0 Å². The second-order valence-corrected chi connectivity index (χ2v) is 5.39. The van der Waals surface area contributed by atoms with Crippen molar-refractivity contribution < 1.29 is 28.7 Å². The quantitative estimate of drug-likeness (QED) is 0.525. The number of piperazine rings is 1. The van der Waals surface area contributed by atoms with Gasteiger partial charge < -0.3 is 19.3 Å². The van der Waals surface area contributed by atoms with Gasteiger partial charge in [0.2, 0.25) is 11.8 Å². The van der Waals surface area contributed by atoms with Gasteiger partial charge in [-0.15, -0.1) is 0 Å². The SMILES string of the molecule is COC(=O)/C=C/C(=O)N1C[C@@H](C)N(C(=O)/C=C/C(=O)OC)C[C@H]1C. The van der Waals surface area contributed by atoms with Gasteiger partial charge >= 0.3 is 11.9 Å². The van der Waals surface area contributed by atoms with E-state index in [1.165, 1.54) is 14.2 Å². The zero-order valence-corrected chi connectivity index (χ0v) is 14.2. The third-order valence-electron chi connectivity index (χ3n) is 3.68. The van der Waals surface area contributed by atoms with Crippen LogP contribution in [-0.4, -0.2) is 72.9 Å². The van der Waals surface area contributed by atoms with Gasteiger partial charge in [0.05, 0.1) is 14.2 Å². The summed E-state index contributed by atoms with van der Waals surface area (Å²) in [5, 5.41) is 0. The summed E-state index contributed by atoms with van der Waals surface area (Å²) < 4.78 is 8.89. The summed E-state index contributed by atoms with van der Waals surface area (Å²) in [6.07, 6.45) is 4.44. The summed E-state index contributed by atoms with van der Waals surface area (Å²) in [6.45, 7) is 4.26. The van der Waals surface area contributed by atoms with Crippen LogP contribution >= 0.6 is 0 Å². The Morgan fingerprint density at radius 1 is 0.750 bits per heavy atom. The maximum absolute atomic E-state index is 12.2. The number of methoxy groups -OCH3 is 2. The van der Waals surface area contributed by atoms with Gasteiger partial charge in [-0.3, -0.25) is 9.59 Å². The maximum Gasteiger partial charge on any atom is 0.330 e. The van der Waals surface area contributed by atoms with E-state index in [-0.39, 0.29) is 23.9 Å². The fraction of sp³-hybridized carbons (Fsp3) is 0.500. The van der Waals surface area contributed by atoms with Gasteiger partial charge in [0.25, 0.3) is 0 Å². The molecular formula is C16H22N2O6. The van der Waals surface area contributed by atoms with Crippen LogP contribution in [0, 0.1) is 0 Å². The number of amides is 2. The first kappa shape index (κ1) is 19.4. The fourth-order valence-electron chi connectivity index (χ4n) is 2.35. The van der Waals surface area contributed by atoms with E-state index in [2.05, 4.69) is 9.47 Å². The Morgan fingerprint density at radius 2 is 1.08 bits per heavy atom. The van der Waals surface area contributed by atoms with Gasteiger partial charge in [-0.25, -0.2) is 9.59 Å². The van der Waals surface area contributed by atoms with E-state index in [1.807, 2.05) is 0 Å². The molecule has 132 valence electrons. The van der Waals surface area contributed by atoms with Gasteiger partial charge in [-0.05, 0) is 13.8 Å². The average molecular weight is 338 g/mol. The molecule has 0 spiro atoms. The van der Waals surface area contributed by atoms with Crippen molar-refractivity contribution in [1.29, 1.82) is 0 Å². The van der Waals surface area contributed by atoms with Gasteiger partial charge in [-0.2, -0.15) is 0 Å². The van der Waals surface area contributed by atoms with Crippen LogP contribution in [0.15, 0.2) is 24.3 Å². The molecular weight excluding hydrogens is 316 g/mol. The highest BCUT2D eigenvalue weighted by Gasteiger charge is 2.32. The number of hydrogen-bond donors (Lipinski definition) is 0. The smallest absolute Gasteiger partial charge is 0.330 e. The number of rotatable bonds is 4. The Bertz CT molecular complexity index is 519. The van der Waals surface area contributed by atoms with Crippen LogP contribution in [0.25, 0.3) is 0 Å². The van der Waals surface area contributed by atoms with Gasteiger partial charge in [0.15, 0.2) is 0 Å². The Labute approximate surface area is 140 Å². The molecule has 2 atom stereocenters. The molecule has 1 saturated heterocycles. The van der Waals surface area contributed by atoms with Gasteiger partial charge in [0.1, 0.15) is 0 Å². The van der Waals surface area contributed by atoms with E-state index in [4.69, 9.17) is 0 Å². The van der Waals surface area contributed by atoms with Gasteiger partial charge in [0, 0.05) is 49.5 Å². The molecule has 2 amide bonds. The lowest BCUT2D eigenvalue weighted by atomic mass is 10.1. The number of nitrogens with zero attached hydrogens (tertiary/aromatic N) is 2. The van der Waals surface area contributed by atoms with E-state index in [0.717, 1.165) is 24.3 Å². The van der Waals surface area contributed by atoms with Crippen molar-refractivity contribution in [2.45, 2.75) is 25.9 Å². The molecule has 24 heavy (non-hydrogen) atoms. The third-order valence-corrected chi connectivity index (χ3v) is 3.68. The lowest BCUT2D eigenvalue weighted by Gasteiger charge is -2.43. The van der Waals surface area contributed by atoms with Crippen molar-refractivity contribution in [2.24, 2.45) is 0 Å². The molecule has 0 aliphatic carbocycles. The molecule has 0 saturated carbocycles. The van der Waals surface area contributed by atoms with Crippen molar-refractivity contribution in [3.63, 3.8) is 0 Å². The molecule has 8 heteroatoms. The van der Waals surface area contributed by atoms with Crippen LogP contribution < -0.4 is 0 Å². The molecule has 1 aliphatic rings. The minimum atomic E-state index is -0.606. The molecule has 0 aromatic heterocycles. The zero-order chi connectivity index (χ0) is 18.3. The van der Waals surface area contributed by atoms with Crippen LogP contribution in [0.1, 0.15) is 13.8 Å². The monoisotopic (exact) mass is 338 g/mol. The first-order chi connectivity index (χ1) is 11.3. The summed E-state index contributed by atoms with van der Waals surface area (Å²) in [5.41, 5.74) is 0. The highest BCUT2D eigenvalue weighted by molar-refractivity contribution is 5.96. The number of hydrogen-bond acceptors (Lipinski definition) is 6.